The molecule has 1 atom stereocenters. The van der Waals surface area contributed by atoms with E-state index < -0.39 is 6.04 Å². The molecule has 2 heterocycles. The molecule has 4 rings (SSSR count). The minimum atomic E-state index is -0.695. The number of carbonyl (C=O) groups excluding carboxylic acids is 2. The van der Waals surface area contributed by atoms with Crippen molar-refractivity contribution in [3.8, 4) is 0 Å². The first-order valence-electron chi connectivity index (χ1n) is 7.55. The molecule has 0 saturated heterocycles. The molecule has 0 radical (unpaired) electrons. The Morgan fingerprint density at radius 2 is 1.75 bits per heavy atom. The lowest BCUT2D eigenvalue weighted by Crippen LogP contribution is -2.55. The molecule has 24 heavy (non-hydrogen) atoms. The fraction of sp³-hybridized carbons (Fsp3) is 0.118. The average Bonchev–Trinajstić information content (AvgIpc) is 2.88. The molecule has 0 aromatic heterocycles. The highest BCUT2D eigenvalue weighted by Crippen LogP contribution is 2.38. The van der Waals surface area contributed by atoms with Gasteiger partial charge in [-0.2, -0.15) is 4.99 Å². The molecular formula is C17H15N5O2. The van der Waals surface area contributed by atoms with Crippen molar-refractivity contribution in [3.63, 3.8) is 0 Å². The second-order valence-electron chi connectivity index (χ2n) is 5.61. The van der Waals surface area contributed by atoms with Gasteiger partial charge in [0.2, 0.25) is 11.9 Å². The van der Waals surface area contributed by atoms with Gasteiger partial charge in [-0.25, -0.2) is 10.9 Å². The molecule has 2 aliphatic heterocycles. The molecule has 2 aromatic rings. The topological polar surface area (TPSA) is 91.0 Å². The standard InChI is InChI=1S/C17H15N5O2/c18-22-13-9-5-4-8-12(13)21-14(10-15(23)20-17(21)22)16(24)19-11-6-2-1-3-7-11/h1-9,14H,10,18H2,(H,19,24)/t14-/m1/s1. The third-order valence-corrected chi connectivity index (χ3v) is 4.08. The van der Waals surface area contributed by atoms with Gasteiger partial charge in [-0.15, -0.1) is 0 Å². The van der Waals surface area contributed by atoms with Gasteiger partial charge in [0.1, 0.15) is 6.04 Å². The molecule has 0 spiro atoms. The van der Waals surface area contributed by atoms with Crippen LogP contribution in [-0.2, 0) is 9.59 Å². The van der Waals surface area contributed by atoms with Crippen LogP contribution >= 0.6 is 0 Å². The first-order valence-corrected chi connectivity index (χ1v) is 7.55. The van der Waals surface area contributed by atoms with Crippen LogP contribution in [0.25, 0.3) is 0 Å². The van der Waals surface area contributed by atoms with E-state index >= 15 is 0 Å². The van der Waals surface area contributed by atoms with Crippen LogP contribution in [0.5, 0.6) is 0 Å². The SMILES string of the molecule is NN1C2=NC(=O)C[C@H](C(=O)Nc3ccccc3)N2c2ccccc21. The summed E-state index contributed by atoms with van der Waals surface area (Å²) in [6, 6.07) is 15.8. The number of carbonyl (C=O) groups is 2. The summed E-state index contributed by atoms with van der Waals surface area (Å²) in [6.45, 7) is 0. The van der Waals surface area contributed by atoms with Gasteiger partial charge < -0.3 is 5.32 Å². The second-order valence-corrected chi connectivity index (χ2v) is 5.61. The van der Waals surface area contributed by atoms with Crippen molar-refractivity contribution >= 4 is 34.8 Å². The first-order chi connectivity index (χ1) is 11.6. The minimum Gasteiger partial charge on any atom is -0.324 e. The molecule has 0 fully saturated rings. The summed E-state index contributed by atoms with van der Waals surface area (Å²) in [4.78, 5) is 30.5. The maximum atomic E-state index is 12.8. The Morgan fingerprint density at radius 3 is 2.50 bits per heavy atom. The second kappa shape index (κ2) is 5.47. The normalized spacial score (nSPS) is 18.8. The summed E-state index contributed by atoms with van der Waals surface area (Å²) < 4.78 is 0. The van der Waals surface area contributed by atoms with Crippen LogP contribution in [0.4, 0.5) is 17.1 Å². The number of benzene rings is 2. The molecule has 0 saturated carbocycles. The largest absolute Gasteiger partial charge is 0.324 e. The van der Waals surface area contributed by atoms with Crippen LogP contribution in [0.15, 0.2) is 59.6 Å². The van der Waals surface area contributed by atoms with E-state index in [1.807, 2.05) is 42.5 Å². The van der Waals surface area contributed by atoms with Crippen molar-refractivity contribution < 1.29 is 9.59 Å². The number of nitrogens with two attached hydrogens (primary N) is 1. The fourth-order valence-corrected chi connectivity index (χ4v) is 2.99. The summed E-state index contributed by atoms with van der Waals surface area (Å²) in [5.74, 6) is 5.70. The zero-order valence-corrected chi connectivity index (χ0v) is 12.7. The van der Waals surface area contributed by atoms with Crippen molar-refractivity contribution in [2.75, 3.05) is 15.2 Å². The van der Waals surface area contributed by atoms with Gasteiger partial charge in [-0.05, 0) is 24.3 Å². The maximum Gasteiger partial charge on any atom is 0.251 e. The summed E-state index contributed by atoms with van der Waals surface area (Å²) >= 11 is 0. The number of hydrogen-bond donors (Lipinski definition) is 2. The zero-order valence-electron chi connectivity index (χ0n) is 12.7. The van der Waals surface area contributed by atoms with Gasteiger partial charge in [-0.3, -0.25) is 14.5 Å². The Hall–Kier alpha value is -3.19. The third-order valence-electron chi connectivity index (χ3n) is 4.08. The van der Waals surface area contributed by atoms with Gasteiger partial charge >= 0.3 is 0 Å². The molecule has 0 aliphatic carbocycles. The van der Waals surface area contributed by atoms with E-state index in [2.05, 4.69) is 10.3 Å². The average molecular weight is 321 g/mol. The molecule has 2 aromatic carbocycles. The van der Waals surface area contributed by atoms with Crippen LogP contribution in [0.2, 0.25) is 0 Å². The lowest BCUT2D eigenvalue weighted by atomic mass is 10.1. The molecule has 0 unspecified atom stereocenters. The van der Waals surface area contributed by atoms with Crippen molar-refractivity contribution in [2.45, 2.75) is 12.5 Å². The van der Waals surface area contributed by atoms with E-state index in [1.54, 1.807) is 17.0 Å². The fourth-order valence-electron chi connectivity index (χ4n) is 2.99. The monoisotopic (exact) mass is 321 g/mol. The molecule has 3 N–H and O–H groups in total. The van der Waals surface area contributed by atoms with Gasteiger partial charge in [0.05, 0.1) is 17.8 Å². The number of fused-ring (bicyclic) bond motifs is 3. The minimum absolute atomic E-state index is 0.00431. The van der Waals surface area contributed by atoms with Gasteiger partial charge in [0, 0.05) is 5.69 Å². The first kappa shape index (κ1) is 14.4. The molecule has 2 amide bonds. The zero-order chi connectivity index (χ0) is 16.7. The smallest absolute Gasteiger partial charge is 0.251 e. The lowest BCUT2D eigenvalue weighted by molar-refractivity contribution is -0.123. The highest BCUT2D eigenvalue weighted by molar-refractivity contribution is 6.23. The number of rotatable bonds is 2. The summed E-state index contributed by atoms with van der Waals surface area (Å²) in [7, 11) is 0. The number of nitrogens with one attached hydrogen (secondary N) is 1. The van der Waals surface area contributed by atoms with Crippen LogP contribution < -0.4 is 21.1 Å². The van der Waals surface area contributed by atoms with E-state index in [-0.39, 0.29) is 24.2 Å². The number of anilines is 3. The van der Waals surface area contributed by atoms with E-state index in [9.17, 15) is 9.59 Å². The number of hydrogen-bond acceptors (Lipinski definition) is 5. The lowest BCUT2D eigenvalue weighted by Gasteiger charge is -2.31. The molecule has 120 valence electrons. The van der Waals surface area contributed by atoms with Gasteiger partial charge in [0.25, 0.3) is 5.91 Å². The predicted octanol–water partition coefficient (Wildman–Crippen LogP) is 1.48. The number of guanidine groups is 1. The van der Waals surface area contributed by atoms with E-state index in [0.717, 1.165) is 5.69 Å². The van der Waals surface area contributed by atoms with E-state index in [0.29, 0.717) is 11.4 Å². The van der Waals surface area contributed by atoms with E-state index in [1.165, 1.54) is 5.01 Å². The van der Waals surface area contributed by atoms with Crippen LogP contribution in [0.1, 0.15) is 6.42 Å². The highest BCUT2D eigenvalue weighted by atomic mass is 16.2. The number of amides is 2. The summed E-state index contributed by atoms with van der Waals surface area (Å²) in [6.07, 6.45) is 0.00431. The Balaban J connectivity index is 1.70. The van der Waals surface area contributed by atoms with Crippen molar-refractivity contribution in [3.05, 3.63) is 54.6 Å². The van der Waals surface area contributed by atoms with Gasteiger partial charge in [0.15, 0.2) is 0 Å². The van der Waals surface area contributed by atoms with E-state index in [4.69, 9.17) is 5.84 Å². The van der Waals surface area contributed by atoms with Crippen molar-refractivity contribution in [1.29, 1.82) is 0 Å². The van der Waals surface area contributed by atoms with Gasteiger partial charge in [-0.1, -0.05) is 30.3 Å². The molecule has 7 heteroatoms. The Bertz CT molecular complexity index is 849. The molecular weight excluding hydrogens is 306 g/mol. The number of para-hydroxylation sites is 3. The van der Waals surface area contributed by atoms with Crippen LogP contribution in [0, 0.1) is 0 Å². The summed E-state index contributed by atoms with van der Waals surface area (Å²) in [5.41, 5.74) is 2.15. The summed E-state index contributed by atoms with van der Waals surface area (Å²) in [5, 5.41) is 4.19. The van der Waals surface area contributed by atoms with Crippen LogP contribution in [0.3, 0.4) is 0 Å². The highest BCUT2D eigenvalue weighted by Gasteiger charge is 2.43. The Labute approximate surface area is 138 Å². The third kappa shape index (κ3) is 2.22. The molecule has 2 aliphatic rings. The molecule has 7 nitrogen and oxygen atoms in total. The van der Waals surface area contributed by atoms with Crippen molar-refractivity contribution in [2.24, 2.45) is 10.8 Å². The molecule has 0 bridgehead atoms. The Kier molecular flexibility index (Phi) is 3.28. The van der Waals surface area contributed by atoms with Crippen LogP contribution in [-0.4, -0.2) is 23.8 Å². The Morgan fingerprint density at radius 1 is 1.08 bits per heavy atom. The number of aliphatic imine (C=N–C) groups is 1. The quantitative estimate of drug-likeness (QED) is 0.818. The van der Waals surface area contributed by atoms with Crippen molar-refractivity contribution in [1.82, 2.24) is 0 Å². The predicted molar refractivity (Wildman–Crippen MR) is 91.5 cm³/mol. The number of hydrazine groups is 1. The number of nitrogens with zero attached hydrogens (tertiary/aromatic N) is 3. The maximum absolute atomic E-state index is 12.8.